The monoisotopic (exact) mass is 131 g/mol. The average Bonchev–Trinajstić information content (AvgIpc) is 1.39. The molecule has 0 aliphatic heterocycles. The molecule has 0 unspecified atom stereocenters. The molecule has 0 spiro atoms. The number of hydroxylamine groups is 2. The van der Waals surface area contributed by atoms with Crippen LogP contribution in [-0.2, 0) is 0 Å². The van der Waals surface area contributed by atoms with Crippen LogP contribution in [0.5, 0.6) is 0 Å². The molecule has 4 nitrogen and oxygen atoms in total. The summed E-state index contributed by atoms with van der Waals surface area (Å²) in [4.78, 5) is 0. The molecular weight excluding hydrogens is 123 g/mol. The molecule has 5 heteroatoms. The minimum atomic E-state index is 0. The molecular formula is C2H8KN2O2-. The van der Waals surface area contributed by atoms with Gasteiger partial charge in [0.05, 0.1) is 0 Å². The van der Waals surface area contributed by atoms with Crippen LogP contribution in [-0.4, -0.2) is 24.5 Å². The Morgan fingerprint density at radius 2 is 1.00 bits per heavy atom. The smallest absolute Gasteiger partial charge is 0.540 e. The molecule has 0 radical (unpaired) electrons. The first-order valence-electron chi connectivity index (χ1n) is 1.29. The molecule has 2 N–H and O–H groups in total. The number of hydrogen-bond acceptors (Lipinski definition) is 2. The van der Waals surface area contributed by atoms with Gasteiger partial charge in [-0.1, -0.05) is 0 Å². The second-order valence-corrected chi connectivity index (χ2v) is 0.400. The summed E-state index contributed by atoms with van der Waals surface area (Å²) in [5.74, 6) is 0. The first-order chi connectivity index (χ1) is 2.83. The summed E-state index contributed by atoms with van der Waals surface area (Å²) in [5, 5.41) is 14.4. The van der Waals surface area contributed by atoms with Crippen LogP contribution < -0.4 is 51.4 Å². The zero-order chi connectivity index (χ0) is 5.41. The third-order valence-corrected chi connectivity index (χ3v) is 0. The van der Waals surface area contributed by atoms with Gasteiger partial charge in [-0.3, -0.25) is 0 Å². The predicted molar refractivity (Wildman–Crippen MR) is 22.1 cm³/mol. The van der Waals surface area contributed by atoms with Gasteiger partial charge in [0, 0.05) is 0 Å². The van der Waals surface area contributed by atoms with E-state index < -0.39 is 0 Å². The maximum Gasteiger partial charge on any atom is 1.00 e. The van der Waals surface area contributed by atoms with E-state index in [1.165, 1.54) is 14.1 Å². The van der Waals surface area contributed by atoms with Crippen LogP contribution >= 0.6 is 0 Å². The summed E-state index contributed by atoms with van der Waals surface area (Å²) in [5.41, 5.74) is 5.00. The van der Waals surface area contributed by atoms with Crippen LogP contribution in [0.1, 0.15) is 0 Å². The van der Waals surface area contributed by atoms with Gasteiger partial charge in [0.15, 0.2) is 0 Å². The quantitative estimate of drug-likeness (QED) is 0.288. The van der Waals surface area contributed by atoms with Gasteiger partial charge < -0.3 is 21.4 Å². The van der Waals surface area contributed by atoms with E-state index in [-0.39, 0.29) is 51.4 Å². The first kappa shape index (κ1) is 15.8. The zero-order valence-electron chi connectivity index (χ0n) is 4.79. The molecule has 0 saturated carbocycles. The maximum absolute atomic E-state index is 7.19. The van der Waals surface area contributed by atoms with Crippen molar-refractivity contribution in [3.05, 3.63) is 11.0 Å². The Balaban J connectivity index is -0.0000000400. The fraction of sp³-hybridized carbons (Fsp3) is 1.00. The number of hydrogen-bond donors (Lipinski definition) is 2. The van der Waals surface area contributed by atoms with E-state index in [9.17, 15) is 0 Å². The molecule has 0 amide bonds. The Hall–Kier alpha value is 1.48. The standard InChI is InChI=1S/2CH4NO.K/c2*1-2-3;/h2*3H,1H3;/q2*-1;+1. The fourth-order valence-corrected chi connectivity index (χ4v) is 0. The molecule has 0 atom stereocenters. The summed E-state index contributed by atoms with van der Waals surface area (Å²) >= 11 is 0. The third-order valence-electron chi connectivity index (χ3n) is 0. The Labute approximate surface area is 85.6 Å². The minimum absolute atomic E-state index is 0. The third kappa shape index (κ3) is 103. The van der Waals surface area contributed by atoms with Crippen LogP contribution in [0.2, 0.25) is 0 Å². The summed E-state index contributed by atoms with van der Waals surface area (Å²) in [7, 11) is 2.61. The van der Waals surface area contributed by atoms with Crippen molar-refractivity contribution in [3.63, 3.8) is 0 Å². The molecule has 0 heterocycles. The SMILES string of the molecule is C[N-]O.C[N-]O.[K+]. The van der Waals surface area contributed by atoms with Crippen molar-refractivity contribution in [2.45, 2.75) is 0 Å². The summed E-state index contributed by atoms with van der Waals surface area (Å²) < 4.78 is 0. The Morgan fingerprint density at radius 3 is 1.00 bits per heavy atom. The van der Waals surface area contributed by atoms with Crippen molar-refractivity contribution in [2.24, 2.45) is 0 Å². The molecule has 0 aromatic rings. The van der Waals surface area contributed by atoms with E-state index in [2.05, 4.69) is 11.0 Å². The molecule has 0 bridgehead atoms. The van der Waals surface area contributed by atoms with Gasteiger partial charge in [-0.15, -0.1) is 14.1 Å². The van der Waals surface area contributed by atoms with Crippen LogP contribution in [0.3, 0.4) is 0 Å². The Morgan fingerprint density at radius 1 is 1.00 bits per heavy atom. The maximum atomic E-state index is 7.19. The average molecular weight is 131 g/mol. The van der Waals surface area contributed by atoms with E-state index in [4.69, 9.17) is 10.4 Å². The van der Waals surface area contributed by atoms with Gasteiger partial charge in [0.1, 0.15) is 0 Å². The molecule has 0 fully saturated rings. The van der Waals surface area contributed by atoms with E-state index in [0.29, 0.717) is 0 Å². The molecule has 40 valence electrons. The van der Waals surface area contributed by atoms with Gasteiger partial charge in [-0.2, -0.15) is 0 Å². The summed E-state index contributed by atoms with van der Waals surface area (Å²) in [6, 6.07) is 0. The van der Waals surface area contributed by atoms with Crippen molar-refractivity contribution < 1.29 is 61.8 Å². The number of nitrogens with zero attached hydrogens (tertiary/aromatic N) is 2. The van der Waals surface area contributed by atoms with Gasteiger partial charge in [-0.05, 0) is 0 Å². The molecule has 0 aromatic carbocycles. The fourth-order valence-electron chi connectivity index (χ4n) is 0. The Kier molecular flexibility index (Phi) is 58.6. The zero-order valence-corrected chi connectivity index (χ0v) is 7.91. The topological polar surface area (TPSA) is 68.7 Å². The van der Waals surface area contributed by atoms with Gasteiger partial charge >= 0.3 is 51.4 Å². The molecule has 0 aliphatic rings. The van der Waals surface area contributed by atoms with Crippen molar-refractivity contribution in [3.8, 4) is 0 Å². The minimum Gasteiger partial charge on any atom is -0.540 e. The summed E-state index contributed by atoms with van der Waals surface area (Å²) in [6.07, 6.45) is 0. The normalized spacial score (nSPS) is 5.14. The first-order valence-corrected chi connectivity index (χ1v) is 1.29. The van der Waals surface area contributed by atoms with Crippen LogP contribution in [0.25, 0.3) is 11.0 Å². The van der Waals surface area contributed by atoms with Gasteiger partial charge in [-0.25, -0.2) is 0 Å². The van der Waals surface area contributed by atoms with Crippen molar-refractivity contribution in [1.29, 1.82) is 0 Å². The molecule has 0 aliphatic carbocycles. The van der Waals surface area contributed by atoms with E-state index in [0.717, 1.165) is 0 Å². The van der Waals surface area contributed by atoms with E-state index >= 15 is 0 Å². The van der Waals surface area contributed by atoms with Crippen LogP contribution in [0.15, 0.2) is 0 Å². The van der Waals surface area contributed by atoms with E-state index in [1.807, 2.05) is 0 Å². The second kappa shape index (κ2) is 25.9. The number of rotatable bonds is 0. The molecule has 0 saturated heterocycles. The van der Waals surface area contributed by atoms with Gasteiger partial charge in [0.25, 0.3) is 0 Å². The molecule has 0 rings (SSSR count). The Bertz CT molecular complexity index is 15.7. The predicted octanol–water partition coefficient (Wildman–Crippen LogP) is -2.24. The largest absolute Gasteiger partial charge is 1.00 e. The van der Waals surface area contributed by atoms with E-state index in [1.54, 1.807) is 0 Å². The van der Waals surface area contributed by atoms with Crippen molar-refractivity contribution in [1.82, 2.24) is 0 Å². The van der Waals surface area contributed by atoms with Crippen LogP contribution in [0.4, 0.5) is 0 Å². The van der Waals surface area contributed by atoms with Crippen LogP contribution in [0, 0.1) is 0 Å². The van der Waals surface area contributed by atoms with Gasteiger partial charge in [0.2, 0.25) is 0 Å². The van der Waals surface area contributed by atoms with Crippen molar-refractivity contribution >= 4 is 0 Å². The molecule has 7 heavy (non-hydrogen) atoms. The summed E-state index contributed by atoms with van der Waals surface area (Å²) in [6.45, 7) is 0. The molecule has 0 aromatic heterocycles. The van der Waals surface area contributed by atoms with Crippen molar-refractivity contribution in [2.75, 3.05) is 14.1 Å². The second-order valence-electron chi connectivity index (χ2n) is 0.400.